The zero-order valence-corrected chi connectivity index (χ0v) is 18.8. The van der Waals surface area contributed by atoms with Gasteiger partial charge in [-0.3, -0.25) is 0 Å². The number of anilines is 1. The molecule has 31 heavy (non-hydrogen) atoms. The van der Waals surface area contributed by atoms with Crippen molar-refractivity contribution in [2.75, 3.05) is 44.8 Å². The van der Waals surface area contributed by atoms with Gasteiger partial charge in [0.1, 0.15) is 5.82 Å². The molecular weight excluding hydrogens is 415 g/mol. The van der Waals surface area contributed by atoms with E-state index >= 15 is 0 Å². The minimum atomic E-state index is -0.316. The maximum Gasteiger partial charge on any atom is 0.225 e. The highest BCUT2D eigenvalue weighted by Crippen LogP contribution is 2.41. The number of benzene rings is 1. The average molecular weight is 445 g/mol. The first-order chi connectivity index (χ1) is 15.1. The van der Waals surface area contributed by atoms with Gasteiger partial charge in [0, 0.05) is 74.5 Å². The summed E-state index contributed by atoms with van der Waals surface area (Å²) in [6.07, 6.45) is 8.31. The average Bonchev–Trinajstić information content (AvgIpc) is 3.34. The maximum absolute atomic E-state index is 13.6. The second-order valence-electron chi connectivity index (χ2n) is 9.43. The Labute approximate surface area is 188 Å². The largest absolute Gasteiger partial charge is 0.381 e. The van der Waals surface area contributed by atoms with Crippen molar-refractivity contribution >= 4 is 17.5 Å². The number of hydrogen-bond donors (Lipinski definition) is 0. The van der Waals surface area contributed by atoms with Crippen LogP contribution in [-0.2, 0) is 4.74 Å². The molecule has 1 aliphatic carbocycles. The van der Waals surface area contributed by atoms with Gasteiger partial charge in [0.05, 0.1) is 0 Å². The summed E-state index contributed by atoms with van der Waals surface area (Å²) in [5.41, 5.74) is 1.35. The van der Waals surface area contributed by atoms with E-state index in [4.69, 9.17) is 16.3 Å². The lowest BCUT2D eigenvalue weighted by molar-refractivity contribution is 0.0545. The Morgan fingerprint density at radius 1 is 1.13 bits per heavy atom. The molecule has 1 saturated carbocycles. The number of halogens is 2. The van der Waals surface area contributed by atoms with Crippen molar-refractivity contribution in [2.45, 2.75) is 31.7 Å². The third-order valence-electron chi connectivity index (χ3n) is 7.40. The molecule has 7 heteroatoms. The van der Waals surface area contributed by atoms with Crippen LogP contribution in [0.25, 0.3) is 11.1 Å². The summed E-state index contributed by atoms with van der Waals surface area (Å²) in [6, 6.07) is 4.82. The molecule has 5 nitrogen and oxygen atoms in total. The Balaban J connectivity index is 1.18. The summed E-state index contributed by atoms with van der Waals surface area (Å²) < 4.78 is 19.1. The van der Waals surface area contributed by atoms with Gasteiger partial charge in [0.25, 0.3) is 0 Å². The number of nitrogens with zero attached hydrogens (tertiary/aromatic N) is 4. The van der Waals surface area contributed by atoms with Crippen LogP contribution in [0.3, 0.4) is 0 Å². The van der Waals surface area contributed by atoms with Crippen molar-refractivity contribution in [2.24, 2.45) is 17.8 Å². The molecule has 166 valence electrons. The van der Waals surface area contributed by atoms with Gasteiger partial charge >= 0.3 is 0 Å². The topological polar surface area (TPSA) is 41.5 Å². The van der Waals surface area contributed by atoms with Crippen LogP contribution in [0.2, 0.25) is 5.02 Å². The molecule has 5 rings (SSSR count). The summed E-state index contributed by atoms with van der Waals surface area (Å²) in [6.45, 7) is 5.56. The second kappa shape index (κ2) is 9.00. The molecule has 3 aliphatic rings. The molecule has 2 unspecified atom stereocenters. The minimum Gasteiger partial charge on any atom is -0.381 e. The number of ether oxygens (including phenoxy) is 1. The van der Waals surface area contributed by atoms with Crippen molar-refractivity contribution < 1.29 is 9.13 Å². The van der Waals surface area contributed by atoms with Gasteiger partial charge in [-0.15, -0.1) is 0 Å². The third kappa shape index (κ3) is 4.57. The predicted molar refractivity (Wildman–Crippen MR) is 121 cm³/mol. The van der Waals surface area contributed by atoms with Crippen molar-refractivity contribution in [3.8, 4) is 11.1 Å². The molecule has 0 bridgehead atoms. The third-order valence-corrected chi connectivity index (χ3v) is 7.73. The SMILES string of the molecule is CN(c1ncc(-c2cc(F)ccc2Cl)cn1)C1CC2CN(CC3CCOCC3)CC2C1. The van der Waals surface area contributed by atoms with Crippen LogP contribution in [0.15, 0.2) is 30.6 Å². The number of hydrogen-bond acceptors (Lipinski definition) is 5. The number of aromatic nitrogens is 2. The normalized spacial score (nSPS) is 26.9. The van der Waals surface area contributed by atoms with Crippen LogP contribution in [0, 0.1) is 23.6 Å². The van der Waals surface area contributed by atoms with E-state index in [0.29, 0.717) is 16.6 Å². The van der Waals surface area contributed by atoms with Crippen LogP contribution in [0.1, 0.15) is 25.7 Å². The number of fused-ring (bicyclic) bond motifs is 1. The van der Waals surface area contributed by atoms with Crippen LogP contribution in [0.4, 0.5) is 10.3 Å². The fraction of sp³-hybridized carbons (Fsp3) is 0.583. The molecule has 2 aromatic rings. The molecule has 3 heterocycles. The molecule has 0 amide bonds. The fourth-order valence-electron chi connectivity index (χ4n) is 5.65. The van der Waals surface area contributed by atoms with Crippen molar-refractivity contribution in [3.63, 3.8) is 0 Å². The zero-order chi connectivity index (χ0) is 21.4. The maximum atomic E-state index is 13.6. The lowest BCUT2D eigenvalue weighted by atomic mass is 10.00. The monoisotopic (exact) mass is 444 g/mol. The molecule has 2 aliphatic heterocycles. The molecule has 0 radical (unpaired) electrons. The molecule has 1 aromatic carbocycles. The van der Waals surface area contributed by atoms with Gasteiger partial charge in [-0.05, 0) is 61.6 Å². The van der Waals surface area contributed by atoms with Crippen molar-refractivity contribution in [3.05, 3.63) is 41.4 Å². The van der Waals surface area contributed by atoms with Gasteiger partial charge in [-0.1, -0.05) is 11.6 Å². The van der Waals surface area contributed by atoms with Crippen LogP contribution in [0.5, 0.6) is 0 Å². The van der Waals surface area contributed by atoms with E-state index < -0.39 is 0 Å². The van der Waals surface area contributed by atoms with Gasteiger partial charge in [0.15, 0.2) is 0 Å². The Hall–Kier alpha value is -1.76. The quantitative estimate of drug-likeness (QED) is 0.678. The summed E-state index contributed by atoms with van der Waals surface area (Å²) in [5, 5.41) is 0.500. The van der Waals surface area contributed by atoms with Gasteiger partial charge in [0.2, 0.25) is 5.95 Å². The highest BCUT2D eigenvalue weighted by atomic mass is 35.5. The first-order valence-corrected chi connectivity index (χ1v) is 11.7. The zero-order valence-electron chi connectivity index (χ0n) is 18.0. The standard InChI is InChI=1S/C24H30ClFN4O/c1-29(24-27-11-19(12-28-24)22-10-20(26)2-3-23(22)25)21-8-17-14-30(15-18(17)9-21)13-16-4-6-31-7-5-16/h2-3,10-12,16-18,21H,4-9,13-15H2,1H3. The van der Waals surface area contributed by atoms with E-state index in [1.807, 2.05) is 0 Å². The number of likely N-dealkylation sites (tertiary alicyclic amines) is 1. The summed E-state index contributed by atoms with van der Waals surface area (Å²) in [7, 11) is 2.09. The summed E-state index contributed by atoms with van der Waals surface area (Å²) in [5.74, 6) is 2.77. The Bertz CT molecular complexity index is 891. The van der Waals surface area contributed by atoms with E-state index in [1.54, 1.807) is 18.5 Å². The highest BCUT2D eigenvalue weighted by Gasteiger charge is 2.42. The van der Waals surface area contributed by atoms with E-state index in [1.165, 1.54) is 57.5 Å². The lowest BCUT2D eigenvalue weighted by Gasteiger charge is -2.29. The van der Waals surface area contributed by atoms with Crippen LogP contribution >= 0.6 is 11.6 Å². The van der Waals surface area contributed by atoms with Gasteiger partial charge in [-0.2, -0.15) is 0 Å². The summed E-state index contributed by atoms with van der Waals surface area (Å²) >= 11 is 6.22. The molecule has 0 spiro atoms. The lowest BCUT2D eigenvalue weighted by Crippen LogP contribution is -2.35. The first-order valence-electron chi connectivity index (χ1n) is 11.4. The second-order valence-corrected chi connectivity index (χ2v) is 9.83. The first kappa shape index (κ1) is 21.1. The van der Waals surface area contributed by atoms with E-state index in [0.717, 1.165) is 42.5 Å². The highest BCUT2D eigenvalue weighted by molar-refractivity contribution is 6.33. The van der Waals surface area contributed by atoms with Gasteiger partial charge in [-0.25, -0.2) is 14.4 Å². The Kier molecular flexibility index (Phi) is 6.13. The molecule has 2 atom stereocenters. The Morgan fingerprint density at radius 3 is 2.48 bits per heavy atom. The molecule has 0 N–H and O–H groups in total. The molecular formula is C24H30ClFN4O. The predicted octanol–water partition coefficient (Wildman–Crippen LogP) is 4.51. The van der Waals surface area contributed by atoms with Crippen molar-refractivity contribution in [1.82, 2.24) is 14.9 Å². The van der Waals surface area contributed by atoms with Crippen LogP contribution in [-0.4, -0.2) is 60.8 Å². The van der Waals surface area contributed by atoms with E-state index in [-0.39, 0.29) is 5.82 Å². The summed E-state index contributed by atoms with van der Waals surface area (Å²) in [4.78, 5) is 14.0. The fourth-order valence-corrected chi connectivity index (χ4v) is 5.88. The number of rotatable bonds is 5. The molecule has 3 fully saturated rings. The smallest absolute Gasteiger partial charge is 0.225 e. The van der Waals surface area contributed by atoms with E-state index in [2.05, 4.69) is 26.8 Å². The van der Waals surface area contributed by atoms with Crippen LogP contribution < -0.4 is 4.90 Å². The van der Waals surface area contributed by atoms with E-state index in [9.17, 15) is 4.39 Å². The Morgan fingerprint density at radius 2 is 1.81 bits per heavy atom. The van der Waals surface area contributed by atoms with Gasteiger partial charge < -0.3 is 14.5 Å². The molecule has 2 saturated heterocycles. The molecule has 1 aromatic heterocycles. The minimum absolute atomic E-state index is 0.316. The van der Waals surface area contributed by atoms with Crippen molar-refractivity contribution in [1.29, 1.82) is 0 Å².